The Bertz CT molecular complexity index is 863. The molecule has 1 aliphatic heterocycles. The molecule has 2 heterocycles. The quantitative estimate of drug-likeness (QED) is 0.630. The van der Waals surface area contributed by atoms with Crippen molar-refractivity contribution in [2.24, 2.45) is 0 Å². The smallest absolute Gasteiger partial charge is 0.224 e. The maximum absolute atomic E-state index is 4.76. The van der Waals surface area contributed by atoms with Crippen molar-refractivity contribution in [3.63, 3.8) is 0 Å². The van der Waals surface area contributed by atoms with Gasteiger partial charge in [-0.15, -0.1) is 0 Å². The fraction of sp³-hybridized carbons (Fsp3) is 0.333. The Morgan fingerprint density at radius 3 is 2.57 bits per heavy atom. The number of aromatic nitrogens is 2. The van der Waals surface area contributed by atoms with Crippen LogP contribution in [-0.4, -0.2) is 4.98 Å². The van der Waals surface area contributed by atoms with Crippen LogP contribution in [-0.2, 0) is 12.0 Å². The second kappa shape index (κ2) is 5.45. The minimum atomic E-state index is 0.158. The summed E-state index contributed by atoms with van der Waals surface area (Å²) in [7, 11) is 0. The first-order chi connectivity index (χ1) is 11.3. The highest BCUT2D eigenvalue weighted by atomic mass is 15.1. The molecular formula is C21H23N2+. The Morgan fingerprint density at radius 1 is 1.00 bits per heavy atom. The molecule has 3 aromatic rings. The van der Waals surface area contributed by atoms with Crippen molar-refractivity contribution in [1.82, 2.24) is 4.98 Å². The molecule has 2 aromatic carbocycles. The molecule has 1 aliphatic rings. The summed E-state index contributed by atoms with van der Waals surface area (Å²) in [5.74, 6) is 0. The van der Waals surface area contributed by atoms with Crippen molar-refractivity contribution in [2.75, 3.05) is 0 Å². The van der Waals surface area contributed by atoms with Crippen LogP contribution in [0.5, 0.6) is 0 Å². The van der Waals surface area contributed by atoms with Gasteiger partial charge in [-0.1, -0.05) is 50.2 Å². The van der Waals surface area contributed by atoms with Gasteiger partial charge in [0.15, 0.2) is 5.52 Å². The molecule has 0 N–H and O–H groups in total. The van der Waals surface area contributed by atoms with E-state index in [1.165, 1.54) is 28.6 Å². The Kier molecular flexibility index (Phi) is 3.41. The molecule has 0 fully saturated rings. The highest BCUT2D eigenvalue weighted by molar-refractivity contribution is 5.91. The number of benzene rings is 2. The Balaban J connectivity index is 2.15. The maximum atomic E-state index is 4.76. The number of para-hydroxylation sites is 1. The van der Waals surface area contributed by atoms with E-state index in [9.17, 15) is 0 Å². The van der Waals surface area contributed by atoms with E-state index < -0.39 is 0 Å². The first-order valence-electron chi connectivity index (χ1n) is 8.67. The van der Waals surface area contributed by atoms with Crippen LogP contribution in [0.1, 0.15) is 38.7 Å². The zero-order chi connectivity index (χ0) is 15.9. The van der Waals surface area contributed by atoms with Crippen LogP contribution in [0.3, 0.4) is 0 Å². The second-order valence-corrected chi connectivity index (χ2v) is 6.57. The summed E-state index contributed by atoms with van der Waals surface area (Å²) in [6.45, 7) is 4.62. The van der Waals surface area contributed by atoms with Gasteiger partial charge >= 0.3 is 0 Å². The average molecular weight is 303 g/mol. The molecule has 4 rings (SSSR count). The molecule has 2 nitrogen and oxygen atoms in total. The van der Waals surface area contributed by atoms with Gasteiger partial charge in [0.1, 0.15) is 11.2 Å². The molecule has 0 aliphatic carbocycles. The normalized spacial score (nSPS) is 15.7. The molecule has 2 heteroatoms. The molecular weight excluding hydrogens is 280 g/mol. The van der Waals surface area contributed by atoms with E-state index in [0.29, 0.717) is 0 Å². The van der Waals surface area contributed by atoms with Gasteiger partial charge in [0.25, 0.3) is 6.33 Å². The summed E-state index contributed by atoms with van der Waals surface area (Å²) < 4.78 is 2.47. The number of aryl methyl sites for hydroxylation is 1. The summed E-state index contributed by atoms with van der Waals surface area (Å²) in [5, 5.41) is 1.26. The lowest BCUT2D eigenvalue weighted by Gasteiger charge is -2.29. The minimum absolute atomic E-state index is 0.158. The van der Waals surface area contributed by atoms with Gasteiger partial charge in [0.2, 0.25) is 0 Å². The lowest BCUT2D eigenvalue weighted by atomic mass is 9.86. The van der Waals surface area contributed by atoms with Crippen molar-refractivity contribution in [1.29, 1.82) is 0 Å². The van der Waals surface area contributed by atoms with Crippen LogP contribution in [0.25, 0.3) is 22.2 Å². The van der Waals surface area contributed by atoms with Gasteiger partial charge in [0.05, 0.1) is 5.39 Å². The van der Waals surface area contributed by atoms with Crippen LogP contribution >= 0.6 is 0 Å². The number of nitrogens with zero attached hydrogens (tertiary/aromatic N) is 2. The first-order valence-corrected chi connectivity index (χ1v) is 8.67. The molecule has 23 heavy (non-hydrogen) atoms. The summed E-state index contributed by atoms with van der Waals surface area (Å²) in [5.41, 5.74) is 5.41. The third kappa shape index (κ3) is 2.08. The third-order valence-corrected chi connectivity index (χ3v) is 5.67. The highest BCUT2D eigenvalue weighted by Gasteiger charge is 2.38. The molecule has 0 saturated heterocycles. The van der Waals surface area contributed by atoms with Gasteiger partial charge in [0, 0.05) is 5.56 Å². The van der Waals surface area contributed by atoms with Crippen LogP contribution in [0.15, 0.2) is 54.9 Å². The molecule has 1 aromatic heterocycles. The molecule has 0 unspecified atom stereocenters. The highest BCUT2D eigenvalue weighted by Crippen LogP contribution is 2.36. The topological polar surface area (TPSA) is 16.8 Å². The second-order valence-electron chi connectivity index (χ2n) is 6.57. The molecule has 0 saturated carbocycles. The van der Waals surface area contributed by atoms with Crippen LogP contribution in [0.2, 0.25) is 0 Å². The van der Waals surface area contributed by atoms with Crippen molar-refractivity contribution >= 4 is 10.9 Å². The predicted octanol–water partition coefficient (Wildman–Crippen LogP) is 4.65. The van der Waals surface area contributed by atoms with E-state index in [4.69, 9.17) is 4.98 Å². The summed E-state index contributed by atoms with van der Waals surface area (Å²) >= 11 is 0. The third-order valence-electron chi connectivity index (χ3n) is 5.67. The summed E-state index contributed by atoms with van der Waals surface area (Å²) in [6.07, 6.45) is 6.65. The van der Waals surface area contributed by atoms with Gasteiger partial charge in [-0.05, 0) is 48.4 Å². The summed E-state index contributed by atoms with van der Waals surface area (Å²) in [4.78, 5) is 4.76. The minimum Gasteiger partial charge on any atom is -0.224 e. The van der Waals surface area contributed by atoms with E-state index >= 15 is 0 Å². The van der Waals surface area contributed by atoms with Gasteiger partial charge in [-0.2, -0.15) is 0 Å². The van der Waals surface area contributed by atoms with Crippen molar-refractivity contribution in [3.05, 3.63) is 60.4 Å². The standard InChI is InChI=1S/C21H23N2/c1-3-21(4-2)14-13-16-9-5-6-10-17(16)20-18-11-7-8-12-19(18)22-15-23(20)21/h5-12,15H,3-4,13-14H2,1-2H3/q+1. The Labute approximate surface area is 137 Å². The number of rotatable bonds is 2. The molecule has 0 radical (unpaired) electrons. The number of fused-ring (bicyclic) bond motifs is 5. The molecule has 116 valence electrons. The van der Waals surface area contributed by atoms with E-state index in [1.54, 1.807) is 0 Å². The number of hydrogen-bond donors (Lipinski definition) is 0. The zero-order valence-corrected chi connectivity index (χ0v) is 13.9. The van der Waals surface area contributed by atoms with Crippen molar-refractivity contribution in [3.8, 4) is 11.3 Å². The van der Waals surface area contributed by atoms with Crippen LogP contribution in [0.4, 0.5) is 0 Å². The lowest BCUT2D eigenvalue weighted by Crippen LogP contribution is -2.56. The van der Waals surface area contributed by atoms with E-state index in [0.717, 1.165) is 24.8 Å². The van der Waals surface area contributed by atoms with E-state index in [-0.39, 0.29) is 5.54 Å². The predicted molar refractivity (Wildman–Crippen MR) is 94.3 cm³/mol. The van der Waals surface area contributed by atoms with Crippen molar-refractivity contribution in [2.45, 2.75) is 45.1 Å². The average Bonchev–Trinajstić information content (AvgIpc) is 2.77. The maximum Gasteiger partial charge on any atom is 0.287 e. The first kappa shape index (κ1) is 14.4. The van der Waals surface area contributed by atoms with Gasteiger partial charge < -0.3 is 0 Å². The van der Waals surface area contributed by atoms with Crippen LogP contribution in [0, 0.1) is 0 Å². The van der Waals surface area contributed by atoms with Crippen molar-refractivity contribution < 1.29 is 4.57 Å². The zero-order valence-electron chi connectivity index (χ0n) is 13.9. The molecule has 0 bridgehead atoms. The van der Waals surface area contributed by atoms with Gasteiger partial charge in [-0.3, -0.25) is 0 Å². The molecule has 0 atom stereocenters. The Hall–Kier alpha value is -2.22. The monoisotopic (exact) mass is 303 g/mol. The van der Waals surface area contributed by atoms with E-state index in [2.05, 4.69) is 73.3 Å². The molecule has 0 amide bonds. The fourth-order valence-electron chi connectivity index (χ4n) is 4.13. The largest absolute Gasteiger partial charge is 0.287 e. The summed E-state index contributed by atoms with van der Waals surface area (Å²) in [6, 6.07) is 17.4. The Morgan fingerprint density at radius 2 is 1.74 bits per heavy atom. The number of hydrogen-bond acceptors (Lipinski definition) is 1. The van der Waals surface area contributed by atoms with E-state index in [1.807, 2.05) is 0 Å². The van der Waals surface area contributed by atoms with Crippen LogP contribution < -0.4 is 4.57 Å². The lowest BCUT2D eigenvalue weighted by molar-refractivity contribution is -0.758. The molecule has 0 spiro atoms. The van der Waals surface area contributed by atoms with Gasteiger partial charge in [-0.25, -0.2) is 4.57 Å². The SMILES string of the molecule is CCC1(CC)CCc2ccccc2-c2c3ccccc3nc[n+]21. The fourth-order valence-corrected chi connectivity index (χ4v) is 4.13.